The fourth-order valence-corrected chi connectivity index (χ4v) is 2.84. The maximum Gasteiger partial charge on any atom is 0.269 e. The van der Waals surface area contributed by atoms with Crippen molar-refractivity contribution < 1.29 is 9.59 Å². The van der Waals surface area contributed by atoms with Gasteiger partial charge in [0.15, 0.2) is 5.11 Å². The first-order valence-corrected chi connectivity index (χ1v) is 8.67. The van der Waals surface area contributed by atoms with Gasteiger partial charge in [-0.25, -0.2) is 0 Å². The first-order valence-electron chi connectivity index (χ1n) is 6.39. The molecule has 3 N–H and O–H groups in total. The van der Waals surface area contributed by atoms with Crippen LogP contribution in [0.3, 0.4) is 0 Å². The van der Waals surface area contributed by atoms with E-state index in [0.717, 1.165) is 8.04 Å². The van der Waals surface area contributed by atoms with Crippen LogP contribution in [0.1, 0.15) is 20.7 Å². The minimum Gasteiger partial charge on any atom is -0.298 e. The van der Waals surface area contributed by atoms with Crippen molar-refractivity contribution in [3.8, 4) is 0 Å². The van der Waals surface area contributed by atoms with E-state index >= 15 is 0 Å². The monoisotopic (exact) mass is 503 g/mol. The number of hydrazine groups is 1. The van der Waals surface area contributed by atoms with Crippen LogP contribution in [0.2, 0.25) is 0 Å². The molecule has 0 aliphatic heterocycles. The summed E-state index contributed by atoms with van der Waals surface area (Å²) >= 11 is 10.4. The summed E-state index contributed by atoms with van der Waals surface area (Å²) in [5.41, 5.74) is 5.90. The van der Waals surface area contributed by atoms with Gasteiger partial charge in [-0.2, -0.15) is 0 Å². The Morgan fingerprint density at radius 2 is 1.74 bits per heavy atom. The molecule has 5 nitrogen and oxygen atoms in total. The first kappa shape index (κ1) is 17.8. The van der Waals surface area contributed by atoms with Crippen LogP contribution in [0.15, 0.2) is 53.0 Å². The number of nitrogens with one attached hydrogen (secondary N) is 3. The lowest BCUT2D eigenvalue weighted by molar-refractivity contribution is 0.0934. The number of hydrogen-bond donors (Lipinski definition) is 3. The zero-order valence-electron chi connectivity index (χ0n) is 11.6. The molecule has 0 unspecified atom stereocenters. The third-order valence-electron chi connectivity index (χ3n) is 2.72. The molecule has 8 heteroatoms. The van der Waals surface area contributed by atoms with Gasteiger partial charge >= 0.3 is 0 Å². The van der Waals surface area contributed by atoms with Crippen molar-refractivity contribution in [2.45, 2.75) is 0 Å². The zero-order chi connectivity index (χ0) is 16.8. The van der Waals surface area contributed by atoms with E-state index in [0.29, 0.717) is 11.1 Å². The minimum absolute atomic E-state index is 0.0120. The summed E-state index contributed by atoms with van der Waals surface area (Å²) in [6.45, 7) is 0. The highest BCUT2D eigenvalue weighted by Crippen LogP contribution is 2.12. The average molecular weight is 504 g/mol. The van der Waals surface area contributed by atoms with Gasteiger partial charge in [-0.15, -0.1) is 0 Å². The molecule has 0 fully saturated rings. The third-order valence-corrected chi connectivity index (χ3v) is 4.36. The lowest BCUT2D eigenvalue weighted by atomic mass is 10.2. The van der Waals surface area contributed by atoms with E-state index in [4.69, 9.17) is 12.2 Å². The van der Waals surface area contributed by atoms with Crippen molar-refractivity contribution in [1.29, 1.82) is 0 Å². The number of halogens is 2. The zero-order valence-corrected chi connectivity index (χ0v) is 16.2. The second-order valence-corrected chi connectivity index (χ2v) is 6.84. The molecular formula is C15H11BrIN3O2S. The van der Waals surface area contributed by atoms with Gasteiger partial charge in [0.25, 0.3) is 11.8 Å². The Labute approximate surface area is 160 Å². The molecule has 0 heterocycles. The van der Waals surface area contributed by atoms with Gasteiger partial charge in [0.2, 0.25) is 0 Å². The van der Waals surface area contributed by atoms with E-state index in [1.165, 1.54) is 0 Å². The molecule has 0 atom stereocenters. The van der Waals surface area contributed by atoms with Gasteiger partial charge in [-0.3, -0.25) is 25.8 Å². The molecule has 2 rings (SSSR count). The van der Waals surface area contributed by atoms with Gasteiger partial charge in [0, 0.05) is 13.6 Å². The lowest BCUT2D eigenvalue weighted by Gasteiger charge is -2.11. The molecule has 23 heavy (non-hydrogen) atoms. The Hall–Kier alpha value is -1.52. The van der Waals surface area contributed by atoms with E-state index in [1.807, 2.05) is 18.2 Å². The smallest absolute Gasteiger partial charge is 0.269 e. The molecule has 0 saturated heterocycles. The first-order chi connectivity index (χ1) is 11.0. The molecule has 0 spiro atoms. The summed E-state index contributed by atoms with van der Waals surface area (Å²) in [6.07, 6.45) is 0. The number of amides is 2. The number of carbonyl (C=O) groups excluding carboxylic acids is 2. The number of carbonyl (C=O) groups is 2. The van der Waals surface area contributed by atoms with Crippen molar-refractivity contribution in [3.63, 3.8) is 0 Å². The number of thiocarbonyl (C=S) groups is 1. The lowest BCUT2D eigenvalue weighted by Crippen LogP contribution is -2.48. The van der Waals surface area contributed by atoms with Crippen LogP contribution < -0.4 is 16.2 Å². The van der Waals surface area contributed by atoms with Gasteiger partial charge in [-0.05, 0) is 65.1 Å². The highest BCUT2D eigenvalue weighted by atomic mass is 127. The van der Waals surface area contributed by atoms with E-state index in [-0.39, 0.29) is 16.9 Å². The molecule has 0 aliphatic rings. The van der Waals surface area contributed by atoms with Crippen LogP contribution in [-0.2, 0) is 0 Å². The maximum atomic E-state index is 12.1. The van der Waals surface area contributed by atoms with Gasteiger partial charge in [0.1, 0.15) is 0 Å². The Morgan fingerprint density at radius 1 is 1.00 bits per heavy atom. The molecule has 0 aliphatic carbocycles. The Balaban J connectivity index is 1.89. The highest BCUT2D eigenvalue weighted by Gasteiger charge is 2.11. The molecule has 0 aromatic heterocycles. The molecule has 0 radical (unpaired) electrons. The van der Waals surface area contributed by atoms with Crippen LogP contribution >= 0.6 is 50.7 Å². The van der Waals surface area contributed by atoms with Gasteiger partial charge in [0.05, 0.1) is 5.56 Å². The van der Waals surface area contributed by atoms with Crippen LogP contribution in [0.25, 0.3) is 0 Å². The second-order valence-electron chi connectivity index (χ2n) is 4.35. The maximum absolute atomic E-state index is 12.1. The average Bonchev–Trinajstić information content (AvgIpc) is 2.53. The molecule has 2 aromatic carbocycles. The summed E-state index contributed by atoms with van der Waals surface area (Å²) in [4.78, 5) is 24.0. The quantitative estimate of drug-likeness (QED) is 0.335. The van der Waals surface area contributed by atoms with E-state index in [9.17, 15) is 9.59 Å². The number of hydrogen-bond acceptors (Lipinski definition) is 3. The highest BCUT2D eigenvalue weighted by molar-refractivity contribution is 14.1. The van der Waals surface area contributed by atoms with Crippen LogP contribution in [0, 0.1) is 3.57 Å². The third kappa shape index (κ3) is 5.26. The normalized spacial score (nSPS) is 9.83. The van der Waals surface area contributed by atoms with Gasteiger partial charge < -0.3 is 0 Å². The fourth-order valence-electron chi connectivity index (χ4n) is 1.66. The summed E-state index contributed by atoms with van der Waals surface area (Å²) in [7, 11) is 0. The Morgan fingerprint density at radius 3 is 2.43 bits per heavy atom. The predicted octanol–water partition coefficient (Wildman–Crippen LogP) is 3.00. The molecular weight excluding hydrogens is 493 g/mol. The van der Waals surface area contributed by atoms with Crippen LogP contribution in [-0.4, -0.2) is 16.9 Å². The largest absolute Gasteiger partial charge is 0.298 e. The predicted molar refractivity (Wildman–Crippen MR) is 104 cm³/mol. The van der Waals surface area contributed by atoms with Crippen molar-refractivity contribution in [2.24, 2.45) is 0 Å². The SMILES string of the molecule is O=C(NNC(=S)NC(=O)c1ccccc1I)c1cccc(Br)c1. The summed E-state index contributed by atoms with van der Waals surface area (Å²) in [5, 5.41) is 2.52. The summed E-state index contributed by atoms with van der Waals surface area (Å²) in [6, 6.07) is 14.0. The summed E-state index contributed by atoms with van der Waals surface area (Å²) < 4.78 is 1.60. The molecule has 2 aromatic rings. The van der Waals surface area contributed by atoms with Crippen molar-refractivity contribution in [1.82, 2.24) is 16.2 Å². The van der Waals surface area contributed by atoms with Crippen molar-refractivity contribution >= 4 is 67.7 Å². The number of rotatable bonds is 2. The van der Waals surface area contributed by atoms with Crippen molar-refractivity contribution in [3.05, 3.63) is 67.7 Å². The van der Waals surface area contributed by atoms with Gasteiger partial charge in [-0.1, -0.05) is 34.1 Å². The van der Waals surface area contributed by atoms with Crippen molar-refractivity contribution in [2.75, 3.05) is 0 Å². The molecule has 0 bridgehead atoms. The Bertz CT molecular complexity index is 770. The molecule has 118 valence electrons. The fraction of sp³-hybridized carbons (Fsp3) is 0. The Kier molecular flexibility index (Phi) is 6.48. The minimum atomic E-state index is -0.364. The molecule has 2 amide bonds. The van der Waals surface area contributed by atoms with E-state index in [1.54, 1.807) is 30.3 Å². The second kappa shape index (κ2) is 8.37. The van der Waals surface area contributed by atoms with Crippen LogP contribution in [0.4, 0.5) is 0 Å². The summed E-state index contributed by atoms with van der Waals surface area (Å²) in [5.74, 6) is -0.707. The molecule has 0 saturated carbocycles. The number of benzene rings is 2. The van der Waals surface area contributed by atoms with E-state index < -0.39 is 0 Å². The standard InChI is InChI=1S/C15H11BrIN3O2S/c16-10-5-3-4-9(8-10)13(21)19-20-15(23)18-14(22)11-6-1-2-7-12(11)17/h1-8H,(H,19,21)(H2,18,20,22,23). The van der Waals surface area contributed by atoms with E-state index in [2.05, 4.69) is 54.7 Å². The van der Waals surface area contributed by atoms with Crippen LogP contribution in [0.5, 0.6) is 0 Å². The topological polar surface area (TPSA) is 70.2 Å².